The van der Waals surface area contributed by atoms with Gasteiger partial charge in [0.2, 0.25) is 0 Å². The molecule has 0 saturated carbocycles. The molecule has 0 aliphatic carbocycles. The SMILES string of the molecule is COC[C@H]1CCCN1CCCn1nc(Nc2c(C)cccc2C)c2ccc(Nc3ccc(N4CCNCC4)cc3)cc21. The van der Waals surface area contributed by atoms with Gasteiger partial charge in [-0.1, -0.05) is 18.2 Å². The Morgan fingerprint density at radius 1 is 0.905 bits per heavy atom. The fourth-order valence-corrected chi connectivity index (χ4v) is 6.48. The van der Waals surface area contributed by atoms with Crippen LogP contribution in [0.2, 0.25) is 0 Å². The van der Waals surface area contributed by atoms with Crippen LogP contribution >= 0.6 is 0 Å². The number of aromatic nitrogens is 2. The first kappa shape index (κ1) is 28.5. The Morgan fingerprint density at radius 2 is 1.67 bits per heavy atom. The smallest absolute Gasteiger partial charge is 0.160 e. The van der Waals surface area contributed by atoms with Gasteiger partial charge in [0.1, 0.15) is 0 Å². The summed E-state index contributed by atoms with van der Waals surface area (Å²) in [6.07, 6.45) is 3.53. The molecule has 8 heteroatoms. The number of hydrogen-bond donors (Lipinski definition) is 3. The highest BCUT2D eigenvalue weighted by Crippen LogP contribution is 2.32. The molecule has 3 aromatic carbocycles. The van der Waals surface area contributed by atoms with Crippen LogP contribution in [0, 0.1) is 13.8 Å². The lowest BCUT2D eigenvalue weighted by atomic mass is 10.1. The summed E-state index contributed by atoms with van der Waals surface area (Å²) in [6, 6.07) is 22.3. The Labute approximate surface area is 250 Å². The number of nitrogens with one attached hydrogen (secondary N) is 3. The van der Waals surface area contributed by atoms with E-state index in [1.165, 1.54) is 29.7 Å². The van der Waals surface area contributed by atoms with E-state index < -0.39 is 0 Å². The average molecular weight is 568 g/mol. The molecule has 1 aromatic heterocycles. The van der Waals surface area contributed by atoms with Crippen molar-refractivity contribution in [3.05, 3.63) is 71.8 Å². The first-order valence-electron chi connectivity index (χ1n) is 15.5. The number of ether oxygens (including phenoxy) is 1. The molecule has 2 aliphatic rings. The van der Waals surface area contributed by atoms with Crippen LogP contribution in [0.15, 0.2) is 60.7 Å². The second-order valence-electron chi connectivity index (χ2n) is 11.7. The number of hydrogen-bond acceptors (Lipinski definition) is 7. The van der Waals surface area contributed by atoms with Crippen LogP contribution in [-0.4, -0.2) is 73.7 Å². The van der Waals surface area contributed by atoms with Crippen LogP contribution in [-0.2, 0) is 11.3 Å². The number of fused-ring (bicyclic) bond motifs is 1. The number of para-hydroxylation sites is 1. The molecule has 0 bridgehead atoms. The lowest BCUT2D eigenvalue weighted by Gasteiger charge is -2.29. The lowest BCUT2D eigenvalue weighted by molar-refractivity contribution is 0.114. The number of rotatable bonds is 11. The van der Waals surface area contributed by atoms with E-state index in [0.29, 0.717) is 6.04 Å². The van der Waals surface area contributed by atoms with E-state index in [1.54, 1.807) is 0 Å². The van der Waals surface area contributed by atoms with E-state index in [-0.39, 0.29) is 0 Å². The van der Waals surface area contributed by atoms with E-state index in [1.807, 2.05) is 7.11 Å². The van der Waals surface area contributed by atoms with Crippen molar-refractivity contribution in [1.82, 2.24) is 20.0 Å². The molecule has 0 unspecified atom stereocenters. The zero-order chi connectivity index (χ0) is 28.9. The van der Waals surface area contributed by atoms with Crippen molar-refractivity contribution in [2.45, 2.75) is 45.7 Å². The summed E-state index contributed by atoms with van der Waals surface area (Å²) in [7, 11) is 1.81. The highest BCUT2D eigenvalue weighted by molar-refractivity contribution is 5.94. The van der Waals surface area contributed by atoms with Crippen molar-refractivity contribution < 1.29 is 4.74 Å². The van der Waals surface area contributed by atoms with Crippen molar-refractivity contribution in [3.8, 4) is 0 Å². The number of methoxy groups -OCH3 is 1. The van der Waals surface area contributed by atoms with Crippen molar-refractivity contribution >= 4 is 39.5 Å². The Kier molecular flexibility index (Phi) is 8.93. The molecule has 2 saturated heterocycles. The van der Waals surface area contributed by atoms with Gasteiger partial charge in [0.15, 0.2) is 5.82 Å². The summed E-state index contributed by atoms with van der Waals surface area (Å²) in [6.45, 7) is 12.4. The Bertz CT molecular complexity index is 1460. The fraction of sp³-hybridized carbons (Fsp3) is 0.441. The predicted molar refractivity (Wildman–Crippen MR) is 175 cm³/mol. The largest absolute Gasteiger partial charge is 0.383 e. The zero-order valence-electron chi connectivity index (χ0n) is 25.3. The van der Waals surface area contributed by atoms with E-state index in [4.69, 9.17) is 9.84 Å². The number of likely N-dealkylation sites (tertiary alicyclic amines) is 1. The topological polar surface area (TPSA) is 69.6 Å². The minimum absolute atomic E-state index is 0.541. The molecule has 222 valence electrons. The van der Waals surface area contributed by atoms with Crippen molar-refractivity contribution in [2.24, 2.45) is 0 Å². The molecule has 2 fully saturated rings. The van der Waals surface area contributed by atoms with Gasteiger partial charge in [0.05, 0.1) is 12.1 Å². The lowest BCUT2D eigenvalue weighted by Crippen LogP contribution is -2.43. The summed E-state index contributed by atoms with van der Waals surface area (Å²) >= 11 is 0. The van der Waals surface area contributed by atoms with E-state index in [9.17, 15) is 0 Å². The second kappa shape index (κ2) is 13.2. The van der Waals surface area contributed by atoms with Crippen molar-refractivity contribution in [1.29, 1.82) is 0 Å². The number of nitrogens with zero attached hydrogens (tertiary/aromatic N) is 4. The van der Waals surface area contributed by atoms with Crippen molar-refractivity contribution in [3.63, 3.8) is 0 Å². The number of piperazine rings is 1. The summed E-state index contributed by atoms with van der Waals surface area (Å²) in [4.78, 5) is 5.03. The maximum Gasteiger partial charge on any atom is 0.160 e. The van der Waals surface area contributed by atoms with Gasteiger partial charge in [-0.2, -0.15) is 5.10 Å². The summed E-state index contributed by atoms with van der Waals surface area (Å²) < 4.78 is 7.66. The maximum absolute atomic E-state index is 5.48. The first-order chi connectivity index (χ1) is 20.6. The monoisotopic (exact) mass is 567 g/mol. The molecule has 1 atom stereocenters. The maximum atomic E-state index is 5.48. The number of benzene rings is 3. The molecule has 4 aromatic rings. The average Bonchev–Trinajstić information content (AvgIpc) is 3.60. The third kappa shape index (κ3) is 6.41. The molecule has 42 heavy (non-hydrogen) atoms. The minimum Gasteiger partial charge on any atom is -0.383 e. The van der Waals surface area contributed by atoms with Crippen LogP contribution < -0.4 is 20.9 Å². The third-order valence-corrected chi connectivity index (χ3v) is 8.79. The second-order valence-corrected chi connectivity index (χ2v) is 11.7. The zero-order valence-corrected chi connectivity index (χ0v) is 25.3. The molecule has 0 radical (unpaired) electrons. The molecule has 8 nitrogen and oxygen atoms in total. The summed E-state index contributed by atoms with van der Waals surface area (Å²) in [5, 5.41) is 17.0. The van der Waals surface area contributed by atoms with E-state index >= 15 is 0 Å². The van der Waals surface area contributed by atoms with Gasteiger partial charge in [-0.05, 0) is 93.2 Å². The Morgan fingerprint density at radius 3 is 2.43 bits per heavy atom. The van der Waals surface area contributed by atoms with Gasteiger partial charge in [-0.15, -0.1) is 0 Å². The number of aryl methyl sites for hydroxylation is 3. The molecule has 0 spiro atoms. The van der Waals surface area contributed by atoms with Gasteiger partial charge in [0.25, 0.3) is 0 Å². The summed E-state index contributed by atoms with van der Waals surface area (Å²) in [5.74, 6) is 0.910. The highest BCUT2D eigenvalue weighted by Gasteiger charge is 2.24. The fourth-order valence-electron chi connectivity index (χ4n) is 6.48. The predicted octanol–water partition coefficient (Wildman–Crippen LogP) is 6.05. The van der Waals surface area contributed by atoms with Gasteiger partial charge < -0.3 is 25.6 Å². The minimum atomic E-state index is 0.541. The molecule has 6 rings (SSSR count). The summed E-state index contributed by atoms with van der Waals surface area (Å²) in [5.41, 5.74) is 8.15. The van der Waals surface area contributed by atoms with Gasteiger partial charge in [0, 0.05) is 80.6 Å². The van der Waals surface area contributed by atoms with Gasteiger partial charge >= 0.3 is 0 Å². The molecule has 0 amide bonds. The normalized spacial score (nSPS) is 17.7. The first-order valence-corrected chi connectivity index (χ1v) is 15.5. The molecule has 2 aliphatic heterocycles. The van der Waals surface area contributed by atoms with Gasteiger partial charge in [-0.3, -0.25) is 9.58 Å². The Hall–Kier alpha value is -3.59. The van der Waals surface area contributed by atoms with Crippen LogP contribution in [0.3, 0.4) is 0 Å². The van der Waals surface area contributed by atoms with Gasteiger partial charge in [-0.25, -0.2) is 0 Å². The third-order valence-electron chi connectivity index (χ3n) is 8.79. The highest BCUT2D eigenvalue weighted by atomic mass is 16.5. The molecule has 3 N–H and O–H groups in total. The van der Waals surface area contributed by atoms with Crippen LogP contribution in [0.4, 0.5) is 28.6 Å². The Balaban J connectivity index is 1.23. The van der Waals surface area contributed by atoms with Crippen LogP contribution in [0.5, 0.6) is 0 Å². The van der Waals surface area contributed by atoms with Crippen molar-refractivity contribution in [2.75, 3.05) is 68.5 Å². The molecular formula is C34H45N7O. The molecular weight excluding hydrogens is 522 g/mol. The van der Waals surface area contributed by atoms with Crippen LogP contribution in [0.1, 0.15) is 30.4 Å². The quantitative estimate of drug-likeness (QED) is 0.204. The van der Waals surface area contributed by atoms with E-state index in [0.717, 1.165) is 92.6 Å². The number of anilines is 5. The van der Waals surface area contributed by atoms with E-state index in [2.05, 4.69) is 105 Å². The molecule has 3 heterocycles. The standard InChI is InChI=1S/C34H45N7O/c1-25-7-4-8-26(2)33(25)37-34-31-15-12-28(36-27-10-13-29(14-11-27)40-21-16-35-17-22-40)23-32(31)41(38-34)20-6-19-39-18-5-9-30(39)24-42-3/h4,7-8,10-15,23,30,35-36H,5-6,9,16-22,24H2,1-3H3,(H,37,38)/t30-/m1/s1. The van der Waals surface area contributed by atoms with Crippen LogP contribution in [0.25, 0.3) is 10.9 Å².